The smallest absolute Gasteiger partial charge is 0.316 e. The number of aromatic nitrogens is 1. The lowest BCUT2D eigenvalue weighted by molar-refractivity contribution is -0.671. The summed E-state index contributed by atoms with van der Waals surface area (Å²) in [5, 5.41) is 3.00. The number of rotatable bonds is 21. The van der Waals surface area contributed by atoms with Crippen molar-refractivity contribution in [3.63, 3.8) is 0 Å². The van der Waals surface area contributed by atoms with Gasteiger partial charge in [0.25, 0.3) is 0 Å². The molecule has 0 saturated heterocycles. The van der Waals surface area contributed by atoms with Gasteiger partial charge in [0.15, 0.2) is 12.4 Å². The second-order valence-corrected chi connectivity index (χ2v) is 14.0. The zero-order valence-corrected chi connectivity index (χ0v) is 31.6. The van der Waals surface area contributed by atoms with Crippen molar-refractivity contribution < 1.29 is 23.6 Å². The SMILES string of the molecule is CC=C(C=CNC)C=Cc1ccc(N(C)CCCOC(=O)CSSCC(=O)OCCCN(C)c2ccc(C=Cc3cc[n+](C)cc3)cc2)cc1. The number of anilines is 2. The number of hydrogen-bond donors (Lipinski definition) is 1. The lowest BCUT2D eigenvalue weighted by Crippen LogP contribution is -2.25. The molecule has 2 aromatic carbocycles. The molecule has 266 valence electrons. The third-order valence-electron chi connectivity index (χ3n) is 7.62. The number of carbonyl (C=O) groups excluding carboxylic acids is 2. The van der Waals surface area contributed by atoms with Crippen molar-refractivity contribution in [2.24, 2.45) is 7.05 Å². The number of ether oxygens (including phenoxy) is 2. The molecule has 0 atom stereocenters. The van der Waals surface area contributed by atoms with Crippen LogP contribution in [0.25, 0.3) is 18.2 Å². The van der Waals surface area contributed by atoms with Crippen LogP contribution in [-0.2, 0) is 26.1 Å². The molecular formula is C40H51N4O4S2+. The summed E-state index contributed by atoms with van der Waals surface area (Å²) in [6.45, 7) is 4.26. The molecule has 10 heteroatoms. The van der Waals surface area contributed by atoms with Gasteiger partial charge in [0, 0.05) is 57.7 Å². The molecule has 0 amide bonds. The van der Waals surface area contributed by atoms with Gasteiger partial charge in [-0.05, 0) is 78.6 Å². The van der Waals surface area contributed by atoms with E-state index >= 15 is 0 Å². The maximum Gasteiger partial charge on any atom is 0.316 e. The molecule has 0 spiro atoms. The molecule has 3 rings (SSSR count). The fourth-order valence-electron chi connectivity index (χ4n) is 4.61. The Balaban J connectivity index is 1.20. The van der Waals surface area contributed by atoms with E-state index in [4.69, 9.17) is 9.47 Å². The molecule has 8 nitrogen and oxygen atoms in total. The van der Waals surface area contributed by atoms with Crippen LogP contribution < -0.4 is 19.7 Å². The van der Waals surface area contributed by atoms with Crippen LogP contribution >= 0.6 is 21.6 Å². The molecule has 0 bridgehead atoms. The Kier molecular flexibility index (Phi) is 18.5. The number of carbonyl (C=O) groups is 2. The molecule has 0 fully saturated rings. The summed E-state index contributed by atoms with van der Waals surface area (Å²) in [5.74, 6) is -0.184. The minimum absolute atomic E-state index is 0.187. The van der Waals surface area contributed by atoms with Gasteiger partial charge >= 0.3 is 11.9 Å². The summed E-state index contributed by atoms with van der Waals surface area (Å²) >= 11 is 0. The second-order valence-electron chi connectivity index (χ2n) is 11.6. The maximum absolute atomic E-state index is 12.1. The van der Waals surface area contributed by atoms with E-state index in [1.807, 2.05) is 64.4 Å². The van der Waals surface area contributed by atoms with E-state index in [2.05, 4.69) is 106 Å². The Morgan fingerprint density at radius 1 is 0.720 bits per heavy atom. The fourth-order valence-corrected chi connectivity index (χ4v) is 6.22. The van der Waals surface area contributed by atoms with Gasteiger partial charge < -0.3 is 24.6 Å². The molecule has 0 radical (unpaired) electrons. The molecule has 0 unspecified atom stereocenters. The zero-order valence-electron chi connectivity index (χ0n) is 29.9. The van der Waals surface area contributed by atoms with E-state index in [1.165, 1.54) is 21.6 Å². The maximum atomic E-state index is 12.1. The molecule has 0 aliphatic rings. The fraction of sp³-hybridized carbons (Fsp3) is 0.325. The molecule has 1 N–H and O–H groups in total. The third kappa shape index (κ3) is 15.9. The average Bonchev–Trinajstić information content (AvgIpc) is 3.13. The van der Waals surface area contributed by atoms with Crippen LogP contribution in [-0.4, -0.2) is 70.9 Å². The van der Waals surface area contributed by atoms with Gasteiger partial charge in [-0.15, -0.1) is 0 Å². The predicted octanol–water partition coefficient (Wildman–Crippen LogP) is 7.19. The van der Waals surface area contributed by atoms with E-state index in [1.54, 1.807) is 0 Å². The quantitative estimate of drug-likeness (QED) is 0.0406. The van der Waals surface area contributed by atoms with Gasteiger partial charge in [-0.1, -0.05) is 76.2 Å². The predicted molar refractivity (Wildman–Crippen MR) is 213 cm³/mol. The van der Waals surface area contributed by atoms with Gasteiger partial charge in [0.05, 0.1) is 13.2 Å². The largest absolute Gasteiger partial charge is 0.465 e. The van der Waals surface area contributed by atoms with E-state index in [0.29, 0.717) is 13.2 Å². The molecular weight excluding hydrogens is 665 g/mol. The van der Waals surface area contributed by atoms with Crippen LogP contribution in [0.5, 0.6) is 0 Å². The Hall–Kier alpha value is -4.41. The Morgan fingerprint density at radius 2 is 1.18 bits per heavy atom. The van der Waals surface area contributed by atoms with Crippen LogP contribution in [0.15, 0.2) is 103 Å². The van der Waals surface area contributed by atoms with Gasteiger partial charge in [-0.25, -0.2) is 4.57 Å². The molecule has 3 aromatic rings. The van der Waals surface area contributed by atoms with Crippen LogP contribution in [0.2, 0.25) is 0 Å². The van der Waals surface area contributed by atoms with Crippen molar-refractivity contribution in [3.05, 3.63) is 120 Å². The lowest BCUT2D eigenvalue weighted by atomic mass is 10.1. The number of benzene rings is 2. The first-order valence-electron chi connectivity index (χ1n) is 16.8. The van der Waals surface area contributed by atoms with Gasteiger partial charge in [0.2, 0.25) is 0 Å². The molecule has 0 saturated carbocycles. The van der Waals surface area contributed by atoms with E-state index in [-0.39, 0.29) is 23.4 Å². The van der Waals surface area contributed by atoms with Crippen LogP contribution in [0, 0.1) is 0 Å². The summed E-state index contributed by atoms with van der Waals surface area (Å²) in [5.41, 5.74) is 6.76. The highest BCUT2D eigenvalue weighted by Crippen LogP contribution is 2.22. The summed E-state index contributed by atoms with van der Waals surface area (Å²) in [6.07, 6.45) is 19.9. The number of nitrogens with one attached hydrogen (secondary N) is 1. The summed E-state index contributed by atoms with van der Waals surface area (Å²) in [6, 6.07) is 20.9. The minimum atomic E-state index is -0.280. The third-order valence-corrected chi connectivity index (χ3v) is 9.70. The normalized spacial score (nSPS) is 11.7. The topological polar surface area (TPSA) is 75.0 Å². The van der Waals surface area contributed by atoms with Gasteiger partial charge in [-0.3, -0.25) is 9.59 Å². The minimum Gasteiger partial charge on any atom is -0.465 e. The molecule has 0 aliphatic heterocycles. The molecule has 0 aliphatic carbocycles. The zero-order chi connectivity index (χ0) is 36.0. The van der Waals surface area contributed by atoms with Crippen LogP contribution in [0.1, 0.15) is 36.5 Å². The highest BCUT2D eigenvalue weighted by molar-refractivity contribution is 8.77. The number of aryl methyl sites for hydroxylation is 1. The highest BCUT2D eigenvalue weighted by atomic mass is 33.1. The first-order valence-corrected chi connectivity index (χ1v) is 19.3. The van der Waals surface area contributed by atoms with Crippen molar-refractivity contribution in [1.82, 2.24) is 5.32 Å². The summed E-state index contributed by atoms with van der Waals surface area (Å²) < 4.78 is 12.8. The van der Waals surface area contributed by atoms with Crippen molar-refractivity contribution in [3.8, 4) is 0 Å². The molecule has 1 aromatic heterocycles. The first-order chi connectivity index (χ1) is 24.3. The van der Waals surface area contributed by atoms with E-state index < -0.39 is 0 Å². The highest BCUT2D eigenvalue weighted by Gasteiger charge is 2.09. The number of nitrogens with zero attached hydrogens (tertiary/aromatic N) is 3. The standard InChI is InChI=1S/C40H51N4O4S2/c1-6-33(21-24-41-2)9-10-34-13-17-37(18-14-34)43(4)25-7-29-47-39(45)31-49-50-32-40(46)48-30-8-26-44(5)38-19-15-35(16-20-38)11-12-36-22-27-42(3)28-23-36/h6,9-24,27-28,41H,7-8,25-26,29-32H2,1-5H3/q+1. The van der Waals surface area contributed by atoms with Crippen molar-refractivity contribution in [2.45, 2.75) is 19.8 Å². The number of pyridine rings is 1. The van der Waals surface area contributed by atoms with Crippen molar-refractivity contribution in [1.29, 1.82) is 0 Å². The van der Waals surface area contributed by atoms with Crippen molar-refractivity contribution in [2.75, 3.05) is 68.8 Å². The average molecular weight is 716 g/mol. The summed E-state index contributed by atoms with van der Waals surface area (Å²) in [4.78, 5) is 28.5. The molecule has 50 heavy (non-hydrogen) atoms. The Morgan fingerprint density at radius 3 is 1.64 bits per heavy atom. The number of esters is 2. The second kappa shape index (κ2) is 23.1. The van der Waals surface area contributed by atoms with Crippen molar-refractivity contribution >= 4 is 63.1 Å². The number of hydrogen-bond acceptors (Lipinski definition) is 9. The lowest BCUT2D eigenvalue weighted by Gasteiger charge is -2.19. The molecule has 1 heterocycles. The monoisotopic (exact) mass is 715 g/mol. The van der Waals surface area contributed by atoms with E-state index in [0.717, 1.165) is 59.6 Å². The Labute approximate surface area is 306 Å². The van der Waals surface area contributed by atoms with Gasteiger partial charge in [-0.2, -0.15) is 0 Å². The van der Waals surface area contributed by atoms with E-state index in [9.17, 15) is 9.59 Å². The van der Waals surface area contributed by atoms with Crippen LogP contribution in [0.4, 0.5) is 11.4 Å². The Bertz CT molecular complexity index is 1570. The summed E-state index contributed by atoms with van der Waals surface area (Å²) in [7, 11) is 10.6. The first kappa shape index (κ1) is 40.0. The van der Waals surface area contributed by atoms with Crippen LogP contribution in [0.3, 0.4) is 0 Å². The number of allylic oxidation sites excluding steroid dienone is 4. The van der Waals surface area contributed by atoms with Gasteiger partial charge in [0.1, 0.15) is 18.6 Å².